The topological polar surface area (TPSA) is 28.7 Å². The molecule has 1 aromatic heterocycles. The zero-order valence-corrected chi connectivity index (χ0v) is 12.6. The molecule has 0 radical (unpaired) electrons. The summed E-state index contributed by atoms with van der Waals surface area (Å²) in [5.41, 5.74) is 2.43. The Bertz CT molecular complexity index is 707. The van der Waals surface area contributed by atoms with Crippen molar-refractivity contribution in [1.29, 1.82) is 0 Å². The second-order valence-corrected chi connectivity index (χ2v) is 5.59. The third-order valence-electron chi connectivity index (χ3n) is 3.97. The van der Waals surface area contributed by atoms with Crippen LogP contribution in [0.2, 0.25) is 0 Å². The maximum Gasteiger partial charge on any atom is 0.138 e. The maximum atomic E-state index is 4.58. The summed E-state index contributed by atoms with van der Waals surface area (Å²) in [4.78, 5) is 8.07. The van der Waals surface area contributed by atoms with Gasteiger partial charge in [-0.3, -0.25) is 0 Å². The fourth-order valence-electron chi connectivity index (χ4n) is 2.80. The van der Waals surface area contributed by atoms with E-state index in [-0.39, 0.29) is 0 Å². The minimum absolute atomic E-state index is 0.984. The van der Waals surface area contributed by atoms with E-state index in [0.717, 1.165) is 12.2 Å². The number of aromatic nitrogens is 2. The van der Waals surface area contributed by atoms with Crippen molar-refractivity contribution < 1.29 is 0 Å². The number of rotatable bonds is 6. The first-order chi connectivity index (χ1) is 10.4. The zero-order valence-electron chi connectivity index (χ0n) is 12.6. The first kappa shape index (κ1) is 13.9. The molecule has 2 heteroatoms. The molecule has 3 aromatic rings. The van der Waals surface area contributed by atoms with Crippen LogP contribution < -0.4 is 0 Å². The van der Waals surface area contributed by atoms with Crippen molar-refractivity contribution in [3.05, 3.63) is 54.4 Å². The standard InChI is InChI=1S/C19H22N2/c1-2-3-4-5-11-16-14-20-19(21-16)18-13-8-10-15-9-6-7-12-17(15)18/h6-10,12-14H,2-5,11H2,1H3,(H,20,21). The van der Waals surface area contributed by atoms with Gasteiger partial charge < -0.3 is 4.98 Å². The van der Waals surface area contributed by atoms with E-state index in [1.165, 1.54) is 47.7 Å². The van der Waals surface area contributed by atoms with E-state index in [2.05, 4.69) is 59.4 Å². The summed E-state index contributed by atoms with van der Waals surface area (Å²) in [7, 11) is 0. The molecule has 0 aliphatic heterocycles. The Kier molecular flexibility index (Phi) is 4.34. The molecule has 1 heterocycles. The van der Waals surface area contributed by atoms with E-state index in [4.69, 9.17) is 0 Å². The van der Waals surface area contributed by atoms with Gasteiger partial charge in [0, 0.05) is 17.5 Å². The Morgan fingerprint density at radius 3 is 2.71 bits per heavy atom. The number of H-pyrrole nitrogens is 1. The van der Waals surface area contributed by atoms with Gasteiger partial charge in [0.1, 0.15) is 5.82 Å². The van der Waals surface area contributed by atoms with Gasteiger partial charge in [0.05, 0.1) is 0 Å². The number of hydrogen-bond donors (Lipinski definition) is 1. The summed E-state index contributed by atoms with van der Waals surface area (Å²) in [5, 5.41) is 2.52. The molecule has 0 spiro atoms. The molecule has 1 N–H and O–H groups in total. The number of nitrogens with zero attached hydrogens (tertiary/aromatic N) is 1. The molecule has 0 saturated heterocycles. The van der Waals surface area contributed by atoms with Crippen molar-refractivity contribution in [2.24, 2.45) is 0 Å². The predicted molar refractivity (Wildman–Crippen MR) is 89.4 cm³/mol. The van der Waals surface area contributed by atoms with Crippen LogP contribution in [0.5, 0.6) is 0 Å². The molecule has 0 saturated carbocycles. The highest BCUT2D eigenvalue weighted by Gasteiger charge is 2.07. The molecular formula is C19H22N2. The fraction of sp³-hybridized carbons (Fsp3) is 0.316. The highest BCUT2D eigenvalue weighted by Crippen LogP contribution is 2.26. The first-order valence-electron chi connectivity index (χ1n) is 7.90. The Hall–Kier alpha value is -2.09. The zero-order chi connectivity index (χ0) is 14.5. The van der Waals surface area contributed by atoms with E-state index in [1.807, 2.05) is 6.20 Å². The number of fused-ring (bicyclic) bond motifs is 1. The smallest absolute Gasteiger partial charge is 0.138 e. The van der Waals surface area contributed by atoms with Crippen LogP contribution in [0.25, 0.3) is 22.2 Å². The quantitative estimate of drug-likeness (QED) is 0.605. The molecule has 21 heavy (non-hydrogen) atoms. The van der Waals surface area contributed by atoms with Crippen molar-refractivity contribution in [2.75, 3.05) is 0 Å². The fourth-order valence-corrected chi connectivity index (χ4v) is 2.80. The van der Waals surface area contributed by atoms with Gasteiger partial charge in [-0.05, 0) is 23.6 Å². The lowest BCUT2D eigenvalue weighted by Gasteiger charge is -2.03. The Morgan fingerprint density at radius 2 is 1.81 bits per heavy atom. The summed E-state index contributed by atoms with van der Waals surface area (Å²) >= 11 is 0. The Morgan fingerprint density at radius 1 is 0.952 bits per heavy atom. The van der Waals surface area contributed by atoms with Gasteiger partial charge in [0.15, 0.2) is 0 Å². The minimum Gasteiger partial charge on any atom is -0.342 e. The van der Waals surface area contributed by atoms with Crippen molar-refractivity contribution in [1.82, 2.24) is 9.97 Å². The van der Waals surface area contributed by atoms with Crippen molar-refractivity contribution in [3.63, 3.8) is 0 Å². The average molecular weight is 278 g/mol. The molecular weight excluding hydrogens is 256 g/mol. The van der Waals surface area contributed by atoms with E-state index >= 15 is 0 Å². The lowest BCUT2D eigenvalue weighted by molar-refractivity contribution is 0.662. The third kappa shape index (κ3) is 3.15. The molecule has 108 valence electrons. The number of nitrogens with one attached hydrogen (secondary N) is 1. The van der Waals surface area contributed by atoms with Gasteiger partial charge in [0.25, 0.3) is 0 Å². The van der Waals surface area contributed by atoms with Gasteiger partial charge in [-0.1, -0.05) is 68.7 Å². The number of aryl methyl sites for hydroxylation is 1. The van der Waals surface area contributed by atoms with Crippen LogP contribution >= 0.6 is 0 Å². The summed E-state index contributed by atoms with van der Waals surface area (Å²) in [6, 6.07) is 14.9. The number of unbranched alkanes of at least 4 members (excludes halogenated alkanes) is 3. The molecule has 2 aromatic carbocycles. The van der Waals surface area contributed by atoms with Crippen molar-refractivity contribution in [3.8, 4) is 11.4 Å². The SMILES string of the molecule is CCCCCCc1cnc(-c2cccc3ccccc23)[nH]1. The number of hydrogen-bond acceptors (Lipinski definition) is 1. The summed E-state index contributed by atoms with van der Waals surface area (Å²) in [6.45, 7) is 2.24. The highest BCUT2D eigenvalue weighted by molar-refractivity contribution is 5.95. The highest BCUT2D eigenvalue weighted by atomic mass is 14.9. The number of aromatic amines is 1. The third-order valence-corrected chi connectivity index (χ3v) is 3.97. The van der Waals surface area contributed by atoms with E-state index in [1.54, 1.807) is 0 Å². The molecule has 0 bridgehead atoms. The predicted octanol–water partition coefficient (Wildman–Crippen LogP) is 5.35. The molecule has 0 unspecified atom stereocenters. The van der Waals surface area contributed by atoms with Crippen LogP contribution in [-0.4, -0.2) is 9.97 Å². The van der Waals surface area contributed by atoms with Crippen LogP contribution in [0.1, 0.15) is 38.3 Å². The van der Waals surface area contributed by atoms with Crippen LogP contribution in [-0.2, 0) is 6.42 Å². The largest absolute Gasteiger partial charge is 0.342 e. The average Bonchev–Trinajstić information content (AvgIpc) is 3.00. The normalized spacial score (nSPS) is 11.1. The lowest BCUT2D eigenvalue weighted by Crippen LogP contribution is -1.87. The second-order valence-electron chi connectivity index (χ2n) is 5.59. The summed E-state index contributed by atoms with van der Waals surface area (Å²) in [6.07, 6.45) is 8.24. The van der Waals surface area contributed by atoms with Gasteiger partial charge in [-0.25, -0.2) is 4.98 Å². The van der Waals surface area contributed by atoms with Crippen LogP contribution in [0.4, 0.5) is 0 Å². The van der Waals surface area contributed by atoms with E-state index < -0.39 is 0 Å². The van der Waals surface area contributed by atoms with Crippen molar-refractivity contribution >= 4 is 10.8 Å². The van der Waals surface area contributed by atoms with E-state index in [0.29, 0.717) is 0 Å². The summed E-state index contributed by atoms with van der Waals surface area (Å²) in [5.74, 6) is 0.984. The molecule has 0 aliphatic carbocycles. The summed E-state index contributed by atoms with van der Waals surface area (Å²) < 4.78 is 0. The number of imidazole rings is 1. The lowest BCUT2D eigenvalue weighted by atomic mass is 10.0. The van der Waals surface area contributed by atoms with Gasteiger partial charge in [0.2, 0.25) is 0 Å². The monoisotopic (exact) mass is 278 g/mol. The first-order valence-corrected chi connectivity index (χ1v) is 7.90. The molecule has 0 fully saturated rings. The molecule has 3 rings (SSSR count). The molecule has 0 atom stereocenters. The van der Waals surface area contributed by atoms with Crippen molar-refractivity contribution in [2.45, 2.75) is 39.0 Å². The molecule has 0 amide bonds. The van der Waals surface area contributed by atoms with E-state index in [9.17, 15) is 0 Å². The van der Waals surface area contributed by atoms with Crippen LogP contribution in [0, 0.1) is 0 Å². The Balaban J connectivity index is 1.81. The maximum absolute atomic E-state index is 4.58. The molecule has 2 nitrogen and oxygen atoms in total. The van der Waals surface area contributed by atoms with Gasteiger partial charge in [-0.15, -0.1) is 0 Å². The molecule has 0 aliphatic rings. The van der Waals surface area contributed by atoms with Gasteiger partial charge in [-0.2, -0.15) is 0 Å². The minimum atomic E-state index is 0.984. The second kappa shape index (κ2) is 6.57. The number of benzene rings is 2. The van der Waals surface area contributed by atoms with Crippen LogP contribution in [0.3, 0.4) is 0 Å². The van der Waals surface area contributed by atoms with Gasteiger partial charge >= 0.3 is 0 Å². The van der Waals surface area contributed by atoms with Crippen LogP contribution in [0.15, 0.2) is 48.7 Å². The Labute approximate surface area is 126 Å².